The minimum atomic E-state index is -0.0303. The number of carbonyl (C=O) groups is 1. The lowest BCUT2D eigenvalue weighted by molar-refractivity contribution is -0.115. The molecule has 2 heterocycles. The van der Waals surface area contributed by atoms with E-state index in [9.17, 15) is 4.79 Å². The molecule has 0 atom stereocenters. The van der Waals surface area contributed by atoms with Crippen molar-refractivity contribution in [3.05, 3.63) is 60.4 Å². The van der Waals surface area contributed by atoms with Gasteiger partial charge in [-0.25, -0.2) is 9.97 Å². The summed E-state index contributed by atoms with van der Waals surface area (Å²) in [4.78, 5) is 29.0. The lowest BCUT2D eigenvalue weighted by Gasteiger charge is -2.25. The van der Waals surface area contributed by atoms with E-state index in [2.05, 4.69) is 55.5 Å². The zero-order valence-corrected chi connectivity index (χ0v) is 21.0. The Morgan fingerprint density at radius 3 is 2.69 bits per heavy atom. The van der Waals surface area contributed by atoms with Gasteiger partial charge in [0.1, 0.15) is 0 Å². The fourth-order valence-electron chi connectivity index (χ4n) is 3.97. The summed E-state index contributed by atoms with van der Waals surface area (Å²) in [6.45, 7) is 5.68. The fraction of sp³-hybridized carbons (Fsp3) is 0.296. The van der Waals surface area contributed by atoms with Gasteiger partial charge in [0.25, 0.3) is 0 Å². The van der Waals surface area contributed by atoms with Crippen LogP contribution in [0.5, 0.6) is 0 Å². The monoisotopic (exact) mass is 471 g/mol. The highest BCUT2D eigenvalue weighted by Crippen LogP contribution is 2.32. The quantitative estimate of drug-likeness (QED) is 0.318. The molecule has 0 fully saturated rings. The van der Waals surface area contributed by atoms with E-state index in [0.29, 0.717) is 12.4 Å². The number of carbonyl (C=O) groups excluding carboxylic acids is 1. The lowest BCUT2D eigenvalue weighted by atomic mass is 10.1. The highest BCUT2D eigenvalue weighted by molar-refractivity contribution is 5.97. The first-order valence-corrected chi connectivity index (χ1v) is 11.8. The van der Waals surface area contributed by atoms with Crippen LogP contribution in [0, 0.1) is 6.92 Å². The van der Waals surface area contributed by atoms with Crippen LogP contribution in [0.4, 0.5) is 23.0 Å². The predicted octanol–water partition coefficient (Wildman–Crippen LogP) is 5.02. The molecule has 8 nitrogen and oxygen atoms in total. The largest absolute Gasteiger partial charge is 0.372 e. The average Bonchev–Trinajstić information content (AvgIpc) is 3.28. The van der Waals surface area contributed by atoms with Gasteiger partial charge in [0.15, 0.2) is 0 Å². The number of nitrogens with one attached hydrogen (secondary N) is 3. The maximum Gasteiger partial charge on any atom is 0.227 e. The molecular weight excluding hydrogens is 438 g/mol. The van der Waals surface area contributed by atoms with Gasteiger partial charge in [0.05, 0.1) is 17.1 Å². The summed E-state index contributed by atoms with van der Waals surface area (Å²) in [6.07, 6.45) is 4.15. The molecule has 4 aromatic rings. The number of hydrogen-bond acceptors (Lipinski definition) is 6. The second-order valence-corrected chi connectivity index (χ2v) is 8.95. The minimum absolute atomic E-state index is 0.0303. The van der Waals surface area contributed by atoms with Gasteiger partial charge in [-0.05, 0) is 50.8 Å². The summed E-state index contributed by atoms with van der Waals surface area (Å²) in [7, 11) is 6.13. The van der Waals surface area contributed by atoms with E-state index in [-0.39, 0.29) is 5.91 Å². The zero-order valence-electron chi connectivity index (χ0n) is 21.0. The molecule has 1 amide bonds. The molecule has 0 unspecified atom stereocenters. The summed E-state index contributed by atoms with van der Waals surface area (Å²) in [5.41, 5.74) is 6.68. The maximum atomic E-state index is 12.2. The van der Waals surface area contributed by atoms with Crippen molar-refractivity contribution in [2.24, 2.45) is 0 Å². The van der Waals surface area contributed by atoms with Gasteiger partial charge >= 0.3 is 0 Å². The average molecular weight is 472 g/mol. The molecule has 182 valence electrons. The first-order chi connectivity index (χ1) is 16.9. The second-order valence-electron chi connectivity index (χ2n) is 8.95. The van der Waals surface area contributed by atoms with Gasteiger partial charge in [-0.2, -0.15) is 0 Å². The number of aromatic nitrogens is 3. The van der Waals surface area contributed by atoms with Crippen molar-refractivity contribution in [1.82, 2.24) is 19.9 Å². The van der Waals surface area contributed by atoms with E-state index in [0.717, 1.165) is 52.3 Å². The number of aryl methyl sites for hydroxylation is 1. The second kappa shape index (κ2) is 10.6. The van der Waals surface area contributed by atoms with Crippen LogP contribution >= 0.6 is 0 Å². The van der Waals surface area contributed by atoms with Gasteiger partial charge in [0, 0.05) is 61.1 Å². The molecule has 0 aliphatic carbocycles. The number of fused-ring (bicyclic) bond motifs is 1. The summed E-state index contributed by atoms with van der Waals surface area (Å²) >= 11 is 0. The summed E-state index contributed by atoms with van der Waals surface area (Å²) in [5.74, 6) is 0.461. The van der Waals surface area contributed by atoms with Crippen molar-refractivity contribution in [1.29, 1.82) is 0 Å². The number of rotatable bonds is 9. The van der Waals surface area contributed by atoms with E-state index in [4.69, 9.17) is 4.98 Å². The van der Waals surface area contributed by atoms with Crippen molar-refractivity contribution in [3.8, 4) is 11.3 Å². The number of hydrogen-bond donors (Lipinski definition) is 3. The molecule has 0 radical (unpaired) electrons. The van der Waals surface area contributed by atoms with Crippen molar-refractivity contribution < 1.29 is 4.79 Å². The number of amides is 1. The van der Waals surface area contributed by atoms with Gasteiger partial charge in [-0.15, -0.1) is 0 Å². The molecule has 2 aromatic carbocycles. The van der Waals surface area contributed by atoms with Crippen LogP contribution < -0.4 is 15.5 Å². The summed E-state index contributed by atoms with van der Waals surface area (Å²) in [5, 5.41) is 7.47. The Morgan fingerprint density at radius 2 is 1.91 bits per heavy atom. The van der Waals surface area contributed by atoms with E-state index < -0.39 is 0 Å². The molecule has 3 N–H and O–H groups in total. The standard InChI is InChI=1S/C27H33N7O/c1-6-25(35)31-23-16-19(10-11-24(23)34(5)15-14-33(3)4)30-27-28-13-12-22(32-27)21-17-29-26-18(2)8-7-9-20(21)26/h7-13,16-17,29H,6,14-15H2,1-5H3,(H,31,35)(H,28,30,32). The van der Waals surface area contributed by atoms with Crippen molar-refractivity contribution in [3.63, 3.8) is 0 Å². The highest BCUT2D eigenvalue weighted by atomic mass is 16.1. The van der Waals surface area contributed by atoms with Crippen LogP contribution in [0.15, 0.2) is 54.9 Å². The van der Waals surface area contributed by atoms with Crippen LogP contribution in [-0.2, 0) is 4.79 Å². The Kier molecular flexibility index (Phi) is 7.31. The predicted molar refractivity (Wildman–Crippen MR) is 145 cm³/mol. The third-order valence-electron chi connectivity index (χ3n) is 6.00. The lowest BCUT2D eigenvalue weighted by Crippen LogP contribution is -2.29. The normalized spacial score (nSPS) is 11.1. The SMILES string of the molecule is CCC(=O)Nc1cc(Nc2nccc(-c3c[nH]c4c(C)cccc34)n2)ccc1N(C)CCN(C)C. The summed E-state index contributed by atoms with van der Waals surface area (Å²) < 4.78 is 0. The number of H-pyrrole nitrogens is 1. The van der Waals surface area contributed by atoms with Crippen molar-refractivity contribution in [2.75, 3.05) is 49.8 Å². The molecular formula is C27H33N7O. The highest BCUT2D eigenvalue weighted by Gasteiger charge is 2.13. The van der Waals surface area contributed by atoms with Crippen LogP contribution in [0.2, 0.25) is 0 Å². The molecule has 35 heavy (non-hydrogen) atoms. The Balaban J connectivity index is 1.61. The first kappa shape index (κ1) is 24.2. The Bertz CT molecular complexity index is 1330. The number of para-hydroxylation sites is 1. The number of nitrogens with zero attached hydrogens (tertiary/aromatic N) is 4. The van der Waals surface area contributed by atoms with Gasteiger partial charge in [-0.3, -0.25) is 4.79 Å². The molecule has 0 saturated carbocycles. The van der Waals surface area contributed by atoms with E-state index in [1.807, 2.05) is 58.5 Å². The van der Waals surface area contributed by atoms with E-state index in [1.54, 1.807) is 6.20 Å². The molecule has 0 bridgehead atoms. The smallest absolute Gasteiger partial charge is 0.227 e. The Labute approximate surface area is 206 Å². The fourth-order valence-corrected chi connectivity index (χ4v) is 3.97. The van der Waals surface area contributed by atoms with Crippen LogP contribution in [0.25, 0.3) is 22.2 Å². The third-order valence-corrected chi connectivity index (χ3v) is 6.00. The third kappa shape index (κ3) is 5.60. The van der Waals surface area contributed by atoms with Crippen molar-refractivity contribution in [2.45, 2.75) is 20.3 Å². The first-order valence-electron chi connectivity index (χ1n) is 11.8. The molecule has 0 aliphatic rings. The van der Waals surface area contributed by atoms with Gasteiger partial charge < -0.3 is 25.4 Å². The van der Waals surface area contributed by atoms with Crippen LogP contribution in [0.3, 0.4) is 0 Å². The molecule has 8 heteroatoms. The molecule has 4 rings (SSSR count). The maximum absolute atomic E-state index is 12.2. The topological polar surface area (TPSA) is 89.2 Å². The van der Waals surface area contributed by atoms with E-state index in [1.165, 1.54) is 5.56 Å². The number of benzene rings is 2. The van der Waals surface area contributed by atoms with Crippen LogP contribution in [0.1, 0.15) is 18.9 Å². The Hall–Kier alpha value is -3.91. The van der Waals surface area contributed by atoms with Crippen molar-refractivity contribution >= 4 is 39.8 Å². The van der Waals surface area contributed by atoms with Gasteiger partial charge in [-0.1, -0.05) is 25.1 Å². The summed E-state index contributed by atoms with van der Waals surface area (Å²) in [6, 6.07) is 14.1. The van der Waals surface area contributed by atoms with Crippen LogP contribution in [-0.4, -0.2) is 60.0 Å². The van der Waals surface area contributed by atoms with Gasteiger partial charge in [0.2, 0.25) is 11.9 Å². The molecule has 0 aliphatic heterocycles. The zero-order chi connectivity index (χ0) is 24.9. The molecule has 0 spiro atoms. The number of anilines is 4. The number of aromatic amines is 1. The molecule has 2 aromatic heterocycles. The molecule has 0 saturated heterocycles. The number of likely N-dealkylation sites (N-methyl/N-ethyl adjacent to an activating group) is 2. The minimum Gasteiger partial charge on any atom is -0.372 e. The van der Waals surface area contributed by atoms with E-state index >= 15 is 0 Å². The Morgan fingerprint density at radius 1 is 1.09 bits per heavy atom.